The number of ketones is 1. The van der Waals surface area contributed by atoms with Crippen molar-refractivity contribution in [2.45, 2.75) is 59.2 Å². The Kier molecular flexibility index (Phi) is 7.91. The average Bonchev–Trinajstić information content (AvgIpc) is 3.14. The van der Waals surface area contributed by atoms with Crippen molar-refractivity contribution in [2.75, 3.05) is 7.11 Å². The molecule has 198 valence electrons. The molecule has 3 aromatic carbocycles. The van der Waals surface area contributed by atoms with Crippen molar-refractivity contribution < 1.29 is 24.2 Å². The number of nitrogens with zero attached hydrogens (tertiary/aromatic N) is 1. The molecule has 0 aliphatic carbocycles. The zero-order valence-electron chi connectivity index (χ0n) is 22.8. The molecule has 1 fully saturated rings. The average molecular weight is 514 g/mol. The van der Waals surface area contributed by atoms with E-state index >= 15 is 0 Å². The van der Waals surface area contributed by atoms with E-state index in [4.69, 9.17) is 9.47 Å². The third kappa shape index (κ3) is 5.30. The van der Waals surface area contributed by atoms with Crippen molar-refractivity contribution in [3.05, 3.63) is 100 Å². The number of aryl methyl sites for hydroxylation is 1. The van der Waals surface area contributed by atoms with Crippen molar-refractivity contribution >= 4 is 17.4 Å². The number of hydrogen-bond donors (Lipinski definition) is 1. The highest BCUT2D eigenvalue weighted by Gasteiger charge is 2.46. The molecular formula is C32H35NO5. The van der Waals surface area contributed by atoms with E-state index < -0.39 is 17.7 Å². The summed E-state index contributed by atoms with van der Waals surface area (Å²) in [6.45, 7) is 10.1. The van der Waals surface area contributed by atoms with Crippen LogP contribution >= 0.6 is 0 Å². The van der Waals surface area contributed by atoms with Gasteiger partial charge in [0.25, 0.3) is 11.7 Å². The van der Waals surface area contributed by atoms with Gasteiger partial charge in [-0.15, -0.1) is 0 Å². The first kappa shape index (κ1) is 27.0. The predicted octanol–water partition coefficient (Wildman–Crippen LogP) is 6.54. The Bertz CT molecular complexity index is 1370. The normalized spacial score (nSPS) is 16.9. The van der Waals surface area contributed by atoms with E-state index in [1.165, 1.54) is 4.90 Å². The van der Waals surface area contributed by atoms with Gasteiger partial charge in [-0.3, -0.25) is 9.59 Å². The lowest BCUT2D eigenvalue weighted by atomic mass is 9.92. The van der Waals surface area contributed by atoms with Crippen LogP contribution in [0.1, 0.15) is 67.5 Å². The van der Waals surface area contributed by atoms with E-state index in [-0.39, 0.29) is 24.0 Å². The van der Waals surface area contributed by atoms with Gasteiger partial charge in [0.2, 0.25) is 0 Å². The number of para-hydroxylation sites is 1. The maximum atomic E-state index is 13.5. The second kappa shape index (κ2) is 11.1. The molecule has 1 N–H and O–H groups in total. The Labute approximate surface area is 224 Å². The molecule has 1 aliphatic rings. The van der Waals surface area contributed by atoms with Crippen LogP contribution in [0.2, 0.25) is 0 Å². The smallest absolute Gasteiger partial charge is 0.295 e. The molecule has 6 nitrogen and oxygen atoms in total. The van der Waals surface area contributed by atoms with E-state index in [2.05, 4.69) is 13.8 Å². The molecule has 1 amide bonds. The number of Topliss-reactive ketones (excluding diaryl/α,β-unsaturated/α-hetero) is 1. The first-order chi connectivity index (χ1) is 18.1. The molecule has 1 unspecified atom stereocenters. The highest BCUT2D eigenvalue weighted by atomic mass is 16.5. The summed E-state index contributed by atoms with van der Waals surface area (Å²) in [6.07, 6.45) is 0.00209. The van der Waals surface area contributed by atoms with Crippen molar-refractivity contribution in [1.82, 2.24) is 4.90 Å². The minimum atomic E-state index is -0.756. The summed E-state index contributed by atoms with van der Waals surface area (Å²) in [5.74, 6) is 0.0811. The predicted molar refractivity (Wildman–Crippen MR) is 148 cm³/mol. The number of carbonyl (C=O) groups excluding carboxylic acids is 2. The molecule has 0 spiro atoms. The topological polar surface area (TPSA) is 76.1 Å². The molecule has 38 heavy (non-hydrogen) atoms. The number of carbonyl (C=O) groups is 2. The Hall–Kier alpha value is -4.06. The van der Waals surface area contributed by atoms with Crippen LogP contribution in [-0.4, -0.2) is 34.9 Å². The maximum absolute atomic E-state index is 13.5. The summed E-state index contributed by atoms with van der Waals surface area (Å²) < 4.78 is 11.3. The zero-order valence-corrected chi connectivity index (χ0v) is 22.8. The van der Waals surface area contributed by atoms with Crippen LogP contribution in [0.4, 0.5) is 0 Å². The van der Waals surface area contributed by atoms with Gasteiger partial charge in [0.15, 0.2) is 0 Å². The fourth-order valence-corrected chi connectivity index (χ4v) is 4.81. The quantitative estimate of drug-likeness (QED) is 0.210. The third-order valence-corrected chi connectivity index (χ3v) is 6.80. The molecule has 0 radical (unpaired) electrons. The Balaban J connectivity index is 1.84. The van der Waals surface area contributed by atoms with E-state index in [0.29, 0.717) is 23.0 Å². The minimum Gasteiger partial charge on any atom is -0.507 e. The summed E-state index contributed by atoms with van der Waals surface area (Å²) in [6, 6.07) is 19.8. The fraction of sp³-hybridized carbons (Fsp3) is 0.312. The molecule has 6 heteroatoms. The number of likely N-dealkylation sites (tertiary alicyclic amines) is 1. The second-order valence-electron chi connectivity index (χ2n) is 10.2. The lowest BCUT2D eigenvalue weighted by molar-refractivity contribution is -0.140. The number of aliphatic hydroxyl groups excluding tert-OH is 1. The second-order valence-corrected chi connectivity index (χ2v) is 10.2. The lowest BCUT2D eigenvalue weighted by Gasteiger charge is -2.26. The number of hydrogen-bond acceptors (Lipinski definition) is 5. The van der Waals surface area contributed by atoms with Gasteiger partial charge in [-0.25, -0.2) is 0 Å². The van der Waals surface area contributed by atoms with Gasteiger partial charge in [0.1, 0.15) is 17.3 Å². The van der Waals surface area contributed by atoms with Crippen LogP contribution in [-0.2, 0) is 16.1 Å². The largest absolute Gasteiger partial charge is 0.507 e. The molecular weight excluding hydrogens is 478 g/mol. The first-order valence-corrected chi connectivity index (χ1v) is 12.9. The molecule has 0 aromatic heterocycles. The van der Waals surface area contributed by atoms with Crippen molar-refractivity contribution in [1.29, 1.82) is 0 Å². The van der Waals surface area contributed by atoms with Gasteiger partial charge >= 0.3 is 0 Å². The van der Waals surface area contributed by atoms with Gasteiger partial charge in [0.05, 0.1) is 31.4 Å². The summed E-state index contributed by atoms with van der Waals surface area (Å²) in [7, 11) is 1.57. The summed E-state index contributed by atoms with van der Waals surface area (Å²) in [5, 5.41) is 11.5. The molecule has 3 aromatic rings. The SMILES string of the molecule is COc1ccccc1CN1C(=O)C(=O)/C(=C(\O)c2ccc(OC(C)C)c(C)c2)C1c1ccc(C(C)C)cc1. The van der Waals surface area contributed by atoms with E-state index in [0.717, 1.165) is 22.3 Å². The lowest BCUT2D eigenvalue weighted by Crippen LogP contribution is -2.29. The monoisotopic (exact) mass is 513 g/mol. The van der Waals surface area contributed by atoms with Gasteiger partial charge in [0, 0.05) is 11.1 Å². The standard InChI is InChI=1S/C32H35NO5/c1-19(2)22-11-13-23(14-12-22)29-28(30(34)24-15-16-26(21(5)17-24)38-20(3)4)31(35)32(36)33(29)18-25-9-7-8-10-27(25)37-6/h7-17,19-20,29,34H,18H2,1-6H3/b30-28-. The molecule has 1 heterocycles. The maximum Gasteiger partial charge on any atom is 0.295 e. The molecule has 0 saturated carbocycles. The van der Waals surface area contributed by atoms with Crippen LogP contribution in [0.25, 0.3) is 5.76 Å². The first-order valence-electron chi connectivity index (χ1n) is 12.9. The summed E-state index contributed by atoms with van der Waals surface area (Å²) >= 11 is 0. The van der Waals surface area contributed by atoms with Gasteiger partial charge in [-0.2, -0.15) is 0 Å². The molecule has 1 aliphatic heterocycles. The molecule has 0 bridgehead atoms. The van der Waals surface area contributed by atoms with E-state index in [9.17, 15) is 14.7 Å². The van der Waals surface area contributed by atoms with Crippen molar-refractivity contribution in [3.63, 3.8) is 0 Å². The van der Waals surface area contributed by atoms with Gasteiger partial charge in [-0.05, 0) is 67.6 Å². The van der Waals surface area contributed by atoms with E-state index in [1.807, 2.05) is 69.3 Å². The Morgan fingerprint density at radius 3 is 2.24 bits per heavy atom. The highest BCUT2D eigenvalue weighted by molar-refractivity contribution is 6.46. The molecule has 1 atom stereocenters. The van der Waals surface area contributed by atoms with Gasteiger partial charge in [-0.1, -0.05) is 56.3 Å². The number of methoxy groups -OCH3 is 1. The minimum absolute atomic E-state index is 0.00209. The van der Waals surface area contributed by atoms with Crippen molar-refractivity contribution in [3.8, 4) is 11.5 Å². The molecule has 1 saturated heterocycles. The zero-order chi connectivity index (χ0) is 27.6. The van der Waals surface area contributed by atoms with Crippen LogP contribution < -0.4 is 9.47 Å². The van der Waals surface area contributed by atoms with Crippen LogP contribution in [0.3, 0.4) is 0 Å². The number of aliphatic hydroxyl groups is 1. The summed E-state index contributed by atoms with van der Waals surface area (Å²) in [5.41, 5.74) is 4.01. The fourth-order valence-electron chi connectivity index (χ4n) is 4.81. The summed E-state index contributed by atoms with van der Waals surface area (Å²) in [4.78, 5) is 28.4. The number of rotatable bonds is 8. The number of benzene rings is 3. The number of ether oxygens (including phenoxy) is 2. The van der Waals surface area contributed by atoms with Crippen molar-refractivity contribution in [2.24, 2.45) is 0 Å². The van der Waals surface area contributed by atoms with Gasteiger partial charge < -0.3 is 19.5 Å². The van der Waals surface area contributed by atoms with Crippen LogP contribution in [0.15, 0.2) is 72.3 Å². The van der Waals surface area contributed by atoms with E-state index in [1.54, 1.807) is 25.3 Å². The number of amides is 1. The Morgan fingerprint density at radius 2 is 1.63 bits per heavy atom. The van der Waals surface area contributed by atoms with Crippen LogP contribution in [0.5, 0.6) is 11.5 Å². The third-order valence-electron chi connectivity index (χ3n) is 6.80. The Morgan fingerprint density at radius 1 is 0.947 bits per heavy atom. The highest BCUT2D eigenvalue weighted by Crippen LogP contribution is 2.41. The van der Waals surface area contributed by atoms with Crippen LogP contribution in [0, 0.1) is 6.92 Å². The molecule has 4 rings (SSSR count).